The van der Waals surface area contributed by atoms with Crippen molar-refractivity contribution in [3.63, 3.8) is 0 Å². The molecule has 0 aliphatic rings. The number of rotatable bonds is 6. The average molecular weight is 432 g/mol. The summed E-state index contributed by atoms with van der Waals surface area (Å²) in [6.07, 6.45) is 3.00. The molecule has 2 amide bonds. The predicted molar refractivity (Wildman–Crippen MR) is 127 cm³/mol. The van der Waals surface area contributed by atoms with Crippen LogP contribution in [0.5, 0.6) is 5.75 Å². The molecule has 156 valence electrons. The fourth-order valence-electron chi connectivity index (χ4n) is 2.79. The third-order valence-electron chi connectivity index (χ3n) is 4.24. The molecule has 0 spiro atoms. The number of hydrogen-bond donors (Lipinski definition) is 3. The number of benzene rings is 3. The summed E-state index contributed by atoms with van der Waals surface area (Å²) in [6, 6.07) is 23.4. The molecule has 7 heteroatoms. The maximum atomic E-state index is 12.7. The normalized spacial score (nSPS) is 10.4. The molecule has 3 aromatic carbocycles. The molecule has 0 aliphatic carbocycles. The van der Waals surface area contributed by atoms with Gasteiger partial charge in [-0.3, -0.25) is 14.9 Å². The number of methoxy groups -OCH3 is 1. The van der Waals surface area contributed by atoms with Crippen molar-refractivity contribution in [1.82, 2.24) is 5.32 Å². The fourth-order valence-corrected chi connectivity index (χ4v) is 3.00. The molecule has 0 fully saturated rings. The Morgan fingerprint density at radius 2 is 1.55 bits per heavy atom. The molecule has 0 aliphatic heterocycles. The molecule has 0 saturated heterocycles. The summed E-state index contributed by atoms with van der Waals surface area (Å²) >= 11 is 5.23. The Morgan fingerprint density at radius 3 is 2.32 bits per heavy atom. The first kappa shape index (κ1) is 21.7. The summed E-state index contributed by atoms with van der Waals surface area (Å²) in [5.74, 6) is -0.0419. The van der Waals surface area contributed by atoms with Gasteiger partial charge in [0.25, 0.3) is 5.91 Å². The molecule has 0 aromatic heterocycles. The van der Waals surface area contributed by atoms with Gasteiger partial charge in [0, 0.05) is 17.3 Å². The van der Waals surface area contributed by atoms with Crippen molar-refractivity contribution >= 4 is 46.6 Å². The van der Waals surface area contributed by atoms with Crippen molar-refractivity contribution in [2.75, 3.05) is 17.7 Å². The first-order chi connectivity index (χ1) is 15.1. The van der Waals surface area contributed by atoms with Crippen LogP contribution in [0.4, 0.5) is 11.4 Å². The molecule has 0 unspecified atom stereocenters. The Bertz CT molecular complexity index is 1110. The molecule has 3 rings (SSSR count). The van der Waals surface area contributed by atoms with Crippen LogP contribution in [0.25, 0.3) is 6.08 Å². The smallest absolute Gasteiger partial charge is 0.257 e. The van der Waals surface area contributed by atoms with Crippen molar-refractivity contribution in [3.05, 3.63) is 96.1 Å². The van der Waals surface area contributed by atoms with Crippen LogP contribution < -0.4 is 20.7 Å². The highest BCUT2D eigenvalue weighted by atomic mass is 32.1. The van der Waals surface area contributed by atoms with Gasteiger partial charge in [-0.1, -0.05) is 48.5 Å². The van der Waals surface area contributed by atoms with Crippen LogP contribution in [-0.2, 0) is 4.79 Å². The van der Waals surface area contributed by atoms with E-state index < -0.39 is 5.91 Å². The van der Waals surface area contributed by atoms with Gasteiger partial charge in [-0.15, -0.1) is 0 Å². The second-order valence-electron chi connectivity index (χ2n) is 6.38. The standard InChI is InChI=1S/C24H21N3O3S/c1-30-21-14-8-5-9-17(21)15-16-22(28)27-24(31)26-20-13-7-6-12-19(20)23(29)25-18-10-3-2-4-11-18/h2-16H,1H3,(H,25,29)(H2,26,27,28,31). The van der Waals surface area contributed by atoms with Gasteiger partial charge in [0.05, 0.1) is 18.4 Å². The number of anilines is 2. The number of carbonyl (C=O) groups is 2. The van der Waals surface area contributed by atoms with E-state index in [0.717, 1.165) is 5.56 Å². The van der Waals surface area contributed by atoms with Crippen molar-refractivity contribution in [1.29, 1.82) is 0 Å². The van der Waals surface area contributed by atoms with E-state index in [2.05, 4.69) is 16.0 Å². The quantitative estimate of drug-likeness (QED) is 0.396. The van der Waals surface area contributed by atoms with Gasteiger partial charge in [0.15, 0.2) is 5.11 Å². The van der Waals surface area contributed by atoms with E-state index in [0.29, 0.717) is 22.7 Å². The summed E-state index contributed by atoms with van der Waals surface area (Å²) in [4.78, 5) is 24.9. The third-order valence-corrected chi connectivity index (χ3v) is 4.45. The predicted octanol–water partition coefficient (Wildman–Crippen LogP) is 4.47. The van der Waals surface area contributed by atoms with Crippen LogP contribution in [0, 0.1) is 0 Å². The number of hydrogen-bond acceptors (Lipinski definition) is 4. The lowest BCUT2D eigenvalue weighted by Gasteiger charge is -2.13. The van der Waals surface area contributed by atoms with Crippen molar-refractivity contribution in [3.8, 4) is 5.75 Å². The average Bonchev–Trinajstić information content (AvgIpc) is 2.78. The molecule has 0 bridgehead atoms. The Labute approximate surface area is 185 Å². The fraction of sp³-hybridized carbons (Fsp3) is 0.0417. The number of nitrogens with one attached hydrogen (secondary N) is 3. The van der Waals surface area contributed by atoms with Crippen LogP contribution >= 0.6 is 12.2 Å². The van der Waals surface area contributed by atoms with Crippen molar-refractivity contribution < 1.29 is 14.3 Å². The minimum Gasteiger partial charge on any atom is -0.496 e. The minimum absolute atomic E-state index is 0.0784. The summed E-state index contributed by atoms with van der Waals surface area (Å²) < 4.78 is 5.26. The maximum absolute atomic E-state index is 12.7. The first-order valence-corrected chi connectivity index (χ1v) is 9.86. The lowest BCUT2D eigenvalue weighted by Crippen LogP contribution is -2.33. The molecule has 0 radical (unpaired) electrons. The number of ether oxygens (including phenoxy) is 1. The SMILES string of the molecule is COc1ccccc1C=CC(=O)NC(=S)Nc1ccccc1C(=O)Nc1ccccc1. The van der Waals surface area contributed by atoms with E-state index in [4.69, 9.17) is 17.0 Å². The van der Waals surface area contributed by atoms with E-state index in [-0.39, 0.29) is 11.0 Å². The van der Waals surface area contributed by atoms with Crippen LogP contribution in [0.3, 0.4) is 0 Å². The molecule has 31 heavy (non-hydrogen) atoms. The monoisotopic (exact) mass is 431 g/mol. The number of thiocarbonyl (C=S) groups is 1. The lowest BCUT2D eigenvalue weighted by atomic mass is 10.1. The topological polar surface area (TPSA) is 79.5 Å². The Hall–Kier alpha value is -3.97. The molecule has 0 atom stereocenters. The third kappa shape index (κ3) is 6.25. The van der Waals surface area contributed by atoms with Crippen LogP contribution in [0.15, 0.2) is 84.9 Å². The van der Waals surface area contributed by atoms with Gasteiger partial charge < -0.3 is 15.4 Å². The zero-order valence-corrected chi connectivity index (χ0v) is 17.6. The minimum atomic E-state index is -0.408. The van der Waals surface area contributed by atoms with Gasteiger partial charge in [0.2, 0.25) is 5.91 Å². The number of carbonyl (C=O) groups excluding carboxylic acids is 2. The van der Waals surface area contributed by atoms with Crippen LogP contribution in [0.1, 0.15) is 15.9 Å². The van der Waals surface area contributed by atoms with Crippen LogP contribution in [-0.4, -0.2) is 24.0 Å². The zero-order valence-electron chi connectivity index (χ0n) is 16.8. The second-order valence-corrected chi connectivity index (χ2v) is 6.79. The Balaban J connectivity index is 1.63. The van der Waals surface area contributed by atoms with Crippen LogP contribution in [0.2, 0.25) is 0 Å². The van der Waals surface area contributed by atoms with Crippen molar-refractivity contribution in [2.45, 2.75) is 0 Å². The van der Waals surface area contributed by atoms with E-state index in [9.17, 15) is 9.59 Å². The van der Waals surface area contributed by atoms with E-state index in [1.54, 1.807) is 55.7 Å². The number of para-hydroxylation sites is 3. The summed E-state index contributed by atoms with van der Waals surface area (Å²) in [5, 5.41) is 8.39. The molecule has 3 aromatic rings. The summed E-state index contributed by atoms with van der Waals surface area (Å²) in [7, 11) is 1.57. The largest absolute Gasteiger partial charge is 0.496 e. The van der Waals surface area contributed by atoms with E-state index in [1.807, 2.05) is 36.4 Å². The second kappa shape index (κ2) is 10.7. The van der Waals surface area contributed by atoms with Gasteiger partial charge in [-0.05, 0) is 48.6 Å². The first-order valence-electron chi connectivity index (χ1n) is 9.45. The van der Waals surface area contributed by atoms with Crippen molar-refractivity contribution in [2.24, 2.45) is 0 Å². The Morgan fingerprint density at radius 1 is 0.871 bits per heavy atom. The van der Waals surface area contributed by atoms with E-state index in [1.165, 1.54) is 6.08 Å². The van der Waals surface area contributed by atoms with E-state index >= 15 is 0 Å². The van der Waals surface area contributed by atoms with Gasteiger partial charge in [0.1, 0.15) is 5.75 Å². The summed E-state index contributed by atoms with van der Waals surface area (Å²) in [6.45, 7) is 0. The molecule has 3 N–H and O–H groups in total. The van der Waals surface area contributed by atoms with Gasteiger partial charge in [-0.2, -0.15) is 0 Å². The molecule has 0 saturated carbocycles. The van der Waals surface area contributed by atoms with Gasteiger partial charge >= 0.3 is 0 Å². The Kier molecular flexibility index (Phi) is 7.50. The molecular weight excluding hydrogens is 410 g/mol. The highest BCUT2D eigenvalue weighted by Crippen LogP contribution is 2.19. The molecule has 0 heterocycles. The maximum Gasteiger partial charge on any atom is 0.257 e. The zero-order chi connectivity index (χ0) is 22.1. The highest BCUT2D eigenvalue weighted by Gasteiger charge is 2.13. The molecular formula is C24H21N3O3S. The number of amides is 2. The summed E-state index contributed by atoms with van der Waals surface area (Å²) in [5.41, 5.74) is 2.32. The molecule has 6 nitrogen and oxygen atoms in total. The lowest BCUT2D eigenvalue weighted by molar-refractivity contribution is -0.115. The highest BCUT2D eigenvalue weighted by molar-refractivity contribution is 7.80. The van der Waals surface area contributed by atoms with Gasteiger partial charge in [-0.25, -0.2) is 0 Å².